The maximum absolute atomic E-state index is 12.4. The minimum Gasteiger partial charge on any atom is -0.450 e. The fraction of sp³-hybridized carbons (Fsp3) is 0.632. The lowest BCUT2D eigenvalue weighted by Crippen LogP contribution is -2.41. The predicted molar refractivity (Wildman–Crippen MR) is 102 cm³/mol. The number of pyridine rings is 1. The number of aromatic nitrogens is 3. The van der Waals surface area contributed by atoms with Crippen LogP contribution in [0.25, 0.3) is 11.2 Å². The zero-order chi connectivity index (χ0) is 18.8. The monoisotopic (exact) mass is 373 g/mol. The predicted octanol–water partition coefficient (Wildman–Crippen LogP) is 1.84. The van der Waals surface area contributed by atoms with Crippen LogP contribution in [0.5, 0.6) is 0 Å². The van der Waals surface area contributed by atoms with Crippen molar-refractivity contribution in [3.63, 3.8) is 0 Å². The molecule has 0 bridgehead atoms. The van der Waals surface area contributed by atoms with Gasteiger partial charge in [-0.15, -0.1) is 0 Å². The quantitative estimate of drug-likeness (QED) is 0.884. The normalized spacial score (nSPS) is 21.8. The molecule has 2 aliphatic rings. The highest BCUT2D eigenvalue weighted by Crippen LogP contribution is 2.26. The Kier molecular flexibility index (Phi) is 5.15. The van der Waals surface area contributed by atoms with Crippen LogP contribution in [0.4, 0.5) is 4.79 Å². The second-order valence-corrected chi connectivity index (χ2v) is 7.50. The number of fused-ring (bicyclic) bond motifs is 1. The Bertz CT molecular complexity index is 852. The summed E-state index contributed by atoms with van der Waals surface area (Å²) in [5.74, 6) is 0.593. The van der Waals surface area contributed by atoms with Gasteiger partial charge in [-0.05, 0) is 44.2 Å². The van der Waals surface area contributed by atoms with Crippen molar-refractivity contribution in [2.45, 2.75) is 32.2 Å². The SMILES string of the molecule is CCOC(=O)N1CCC(CN2CC[C@H](n3c(=O)[nH]c4ncccc43)C2)CC1. The van der Waals surface area contributed by atoms with Gasteiger partial charge in [-0.2, -0.15) is 0 Å². The standard InChI is InChI=1S/C19H27N5O3/c1-2-27-19(26)23-10-5-14(6-11-23)12-22-9-7-15(13-22)24-16-4-3-8-20-17(16)21-18(24)25/h3-4,8,14-15H,2,5-7,9-13H2,1H3,(H,20,21,25)/t15-/m0/s1. The van der Waals surface area contributed by atoms with Crippen molar-refractivity contribution < 1.29 is 9.53 Å². The van der Waals surface area contributed by atoms with Crippen LogP contribution in [0, 0.1) is 5.92 Å². The van der Waals surface area contributed by atoms with Crippen molar-refractivity contribution in [2.24, 2.45) is 5.92 Å². The third-order valence-electron chi connectivity index (χ3n) is 5.76. The van der Waals surface area contributed by atoms with Crippen molar-refractivity contribution in [1.82, 2.24) is 24.3 Å². The van der Waals surface area contributed by atoms with Crippen molar-refractivity contribution >= 4 is 17.3 Å². The summed E-state index contributed by atoms with van der Waals surface area (Å²) in [6.45, 7) is 6.73. The van der Waals surface area contributed by atoms with Gasteiger partial charge < -0.3 is 14.5 Å². The fourth-order valence-electron chi connectivity index (χ4n) is 4.39. The Labute approximate surface area is 158 Å². The highest BCUT2D eigenvalue weighted by molar-refractivity contribution is 5.70. The Hall–Kier alpha value is -2.35. The van der Waals surface area contributed by atoms with E-state index in [1.165, 1.54) is 0 Å². The molecule has 0 aliphatic carbocycles. The van der Waals surface area contributed by atoms with E-state index in [4.69, 9.17) is 4.74 Å². The fourth-order valence-corrected chi connectivity index (χ4v) is 4.39. The number of ether oxygens (including phenoxy) is 1. The number of hydrogen-bond acceptors (Lipinski definition) is 5. The number of piperidine rings is 1. The van der Waals surface area contributed by atoms with Gasteiger partial charge in [0.15, 0.2) is 5.65 Å². The van der Waals surface area contributed by atoms with E-state index in [-0.39, 0.29) is 17.8 Å². The molecular weight excluding hydrogens is 346 g/mol. The van der Waals surface area contributed by atoms with Crippen LogP contribution in [0.15, 0.2) is 23.1 Å². The van der Waals surface area contributed by atoms with Gasteiger partial charge in [0.1, 0.15) is 0 Å². The van der Waals surface area contributed by atoms with Gasteiger partial charge in [0.2, 0.25) is 0 Å². The van der Waals surface area contributed by atoms with Gasteiger partial charge in [-0.3, -0.25) is 9.55 Å². The molecule has 2 aliphatic heterocycles. The van der Waals surface area contributed by atoms with Gasteiger partial charge >= 0.3 is 11.8 Å². The Balaban J connectivity index is 1.34. The molecule has 4 rings (SSSR count). The van der Waals surface area contributed by atoms with E-state index in [0.29, 0.717) is 18.2 Å². The van der Waals surface area contributed by atoms with Gasteiger partial charge in [0, 0.05) is 38.9 Å². The Morgan fingerprint density at radius 3 is 2.89 bits per heavy atom. The molecule has 8 nitrogen and oxygen atoms in total. The summed E-state index contributed by atoms with van der Waals surface area (Å²) in [4.78, 5) is 35.6. The first-order valence-corrected chi connectivity index (χ1v) is 9.85. The number of nitrogens with one attached hydrogen (secondary N) is 1. The first-order valence-electron chi connectivity index (χ1n) is 9.85. The van der Waals surface area contributed by atoms with Crippen LogP contribution in [-0.4, -0.2) is 69.8 Å². The molecule has 0 radical (unpaired) electrons. The van der Waals surface area contributed by atoms with E-state index < -0.39 is 0 Å². The van der Waals surface area contributed by atoms with Crippen molar-refractivity contribution in [3.05, 3.63) is 28.8 Å². The number of likely N-dealkylation sites (tertiary alicyclic amines) is 2. The number of aromatic amines is 1. The minimum atomic E-state index is -0.190. The van der Waals surface area contributed by atoms with Crippen LogP contribution < -0.4 is 5.69 Å². The Morgan fingerprint density at radius 2 is 2.11 bits per heavy atom. The van der Waals surface area contributed by atoms with E-state index in [1.807, 2.05) is 28.5 Å². The smallest absolute Gasteiger partial charge is 0.409 e. The maximum atomic E-state index is 12.4. The van der Waals surface area contributed by atoms with Gasteiger partial charge in [0.05, 0.1) is 18.2 Å². The zero-order valence-corrected chi connectivity index (χ0v) is 15.8. The summed E-state index contributed by atoms with van der Waals surface area (Å²) >= 11 is 0. The first kappa shape index (κ1) is 18.0. The average Bonchev–Trinajstić information content (AvgIpc) is 3.25. The third kappa shape index (κ3) is 3.71. The minimum absolute atomic E-state index is 0.0710. The van der Waals surface area contributed by atoms with Crippen LogP contribution in [-0.2, 0) is 4.74 Å². The molecular formula is C19H27N5O3. The van der Waals surface area contributed by atoms with Crippen molar-refractivity contribution in [1.29, 1.82) is 0 Å². The number of imidazole rings is 1. The summed E-state index contributed by atoms with van der Waals surface area (Å²) in [5.41, 5.74) is 1.47. The Morgan fingerprint density at radius 1 is 1.30 bits per heavy atom. The number of amides is 1. The van der Waals surface area contributed by atoms with Crippen LogP contribution in [0.2, 0.25) is 0 Å². The van der Waals surface area contributed by atoms with Gasteiger partial charge in [0.25, 0.3) is 0 Å². The highest BCUT2D eigenvalue weighted by Gasteiger charge is 2.30. The lowest BCUT2D eigenvalue weighted by atomic mass is 9.96. The van der Waals surface area contributed by atoms with Gasteiger partial charge in [-0.1, -0.05) is 0 Å². The molecule has 0 aromatic carbocycles. The molecule has 2 aromatic heterocycles. The number of carbonyl (C=O) groups is 1. The highest BCUT2D eigenvalue weighted by atomic mass is 16.6. The number of nitrogens with zero attached hydrogens (tertiary/aromatic N) is 4. The first-order chi connectivity index (χ1) is 13.2. The topological polar surface area (TPSA) is 83.5 Å². The summed E-state index contributed by atoms with van der Waals surface area (Å²) < 4.78 is 6.95. The average molecular weight is 373 g/mol. The molecule has 8 heteroatoms. The van der Waals surface area contributed by atoms with Crippen molar-refractivity contribution in [2.75, 3.05) is 39.3 Å². The molecule has 4 heterocycles. The third-order valence-corrected chi connectivity index (χ3v) is 5.76. The molecule has 1 atom stereocenters. The molecule has 27 heavy (non-hydrogen) atoms. The molecule has 2 fully saturated rings. The summed E-state index contributed by atoms with van der Waals surface area (Å²) in [6.07, 6.45) is 4.51. The number of rotatable bonds is 4. The van der Waals surface area contributed by atoms with Crippen LogP contribution in [0.1, 0.15) is 32.2 Å². The van der Waals surface area contributed by atoms with Crippen molar-refractivity contribution in [3.8, 4) is 0 Å². The number of hydrogen-bond donors (Lipinski definition) is 1. The molecule has 0 saturated carbocycles. The van der Waals surface area contributed by atoms with Gasteiger partial charge in [-0.25, -0.2) is 14.6 Å². The lowest BCUT2D eigenvalue weighted by Gasteiger charge is -2.33. The number of H-pyrrole nitrogens is 1. The maximum Gasteiger partial charge on any atom is 0.409 e. The molecule has 146 valence electrons. The molecule has 1 amide bonds. The molecule has 2 saturated heterocycles. The van der Waals surface area contributed by atoms with Crippen LogP contribution in [0.3, 0.4) is 0 Å². The van der Waals surface area contributed by atoms with E-state index in [9.17, 15) is 9.59 Å². The molecule has 1 N–H and O–H groups in total. The summed E-state index contributed by atoms with van der Waals surface area (Å²) in [6, 6.07) is 4.01. The largest absolute Gasteiger partial charge is 0.450 e. The van der Waals surface area contributed by atoms with Crippen LogP contribution >= 0.6 is 0 Å². The zero-order valence-electron chi connectivity index (χ0n) is 15.8. The molecule has 0 spiro atoms. The summed E-state index contributed by atoms with van der Waals surface area (Å²) in [5, 5.41) is 0. The lowest BCUT2D eigenvalue weighted by molar-refractivity contribution is 0.0871. The second-order valence-electron chi connectivity index (χ2n) is 7.50. The number of carbonyl (C=O) groups excluding carboxylic acids is 1. The molecule has 2 aromatic rings. The van der Waals surface area contributed by atoms with E-state index in [1.54, 1.807) is 6.20 Å². The van der Waals surface area contributed by atoms with E-state index in [0.717, 1.165) is 57.5 Å². The summed E-state index contributed by atoms with van der Waals surface area (Å²) in [7, 11) is 0. The van der Waals surface area contributed by atoms with E-state index >= 15 is 0 Å². The molecule has 0 unspecified atom stereocenters. The van der Waals surface area contributed by atoms with E-state index in [2.05, 4.69) is 14.9 Å². The second kappa shape index (κ2) is 7.72.